The first kappa shape index (κ1) is 10.7. The van der Waals surface area contributed by atoms with Gasteiger partial charge in [-0.15, -0.1) is 0 Å². The highest BCUT2D eigenvalue weighted by atomic mass is 16.4. The van der Waals surface area contributed by atoms with Gasteiger partial charge in [0, 0.05) is 12.6 Å². The Morgan fingerprint density at radius 1 is 1.56 bits per heavy atom. The van der Waals surface area contributed by atoms with Crippen molar-refractivity contribution in [3.63, 3.8) is 0 Å². The van der Waals surface area contributed by atoms with Crippen LogP contribution in [0, 0.1) is 0 Å². The summed E-state index contributed by atoms with van der Waals surface area (Å²) in [4.78, 5) is 30.3. The third-order valence-electron chi connectivity index (χ3n) is 2.75. The highest BCUT2D eigenvalue weighted by molar-refractivity contribution is 5.77. The number of H-pyrrole nitrogens is 1. The van der Waals surface area contributed by atoms with Crippen LogP contribution in [0.2, 0.25) is 0 Å². The molecule has 0 aromatic carbocycles. The van der Waals surface area contributed by atoms with Crippen molar-refractivity contribution in [1.29, 1.82) is 0 Å². The van der Waals surface area contributed by atoms with Gasteiger partial charge in [0.1, 0.15) is 11.9 Å². The summed E-state index contributed by atoms with van der Waals surface area (Å²) in [5.74, 6) is -0.419. The van der Waals surface area contributed by atoms with Gasteiger partial charge in [0.15, 0.2) is 0 Å². The van der Waals surface area contributed by atoms with Crippen LogP contribution in [0.25, 0.3) is 0 Å². The summed E-state index contributed by atoms with van der Waals surface area (Å²) in [5, 5.41) is 9.08. The Kier molecular flexibility index (Phi) is 2.89. The minimum absolute atomic E-state index is 0.264. The summed E-state index contributed by atoms with van der Waals surface area (Å²) >= 11 is 0. The van der Waals surface area contributed by atoms with E-state index in [1.54, 1.807) is 4.90 Å². The molecule has 1 aromatic heterocycles. The second kappa shape index (κ2) is 4.34. The van der Waals surface area contributed by atoms with Gasteiger partial charge in [0.2, 0.25) is 0 Å². The zero-order valence-corrected chi connectivity index (χ0v) is 8.72. The Hall–Kier alpha value is -1.85. The molecular weight excluding hydrogens is 210 g/mol. The number of rotatable bonds is 2. The van der Waals surface area contributed by atoms with Crippen LogP contribution in [0.15, 0.2) is 17.2 Å². The molecule has 1 aliphatic rings. The number of aliphatic carboxylic acids is 1. The van der Waals surface area contributed by atoms with E-state index in [0.29, 0.717) is 18.8 Å². The van der Waals surface area contributed by atoms with Gasteiger partial charge in [0.25, 0.3) is 5.56 Å². The normalized spacial score (nSPS) is 20.8. The molecule has 0 aliphatic carbocycles. The van der Waals surface area contributed by atoms with E-state index >= 15 is 0 Å². The second-order valence-electron chi connectivity index (χ2n) is 3.81. The van der Waals surface area contributed by atoms with Crippen LogP contribution in [0.3, 0.4) is 0 Å². The molecule has 2 N–H and O–H groups in total. The zero-order valence-electron chi connectivity index (χ0n) is 8.72. The van der Waals surface area contributed by atoms with E-state index in [0.717, 1.165) is 12.8 Å². The third-order valence-corrected chi connectivity index (χ3v) is 2.75. The van der Waals surface area contributed by atoms with Gasteiger partial charge >= 0.3 is 5.97 Å². The largest absolute Gasteiger partial charge is 0.480 e. The molecule has 1 atom stereocenters. The van der Waals surface area contributed by atoms with Crippen molar-refractivity contribution in [2.24, 2.45) is 0 Å². The van der Waals surface area contributed by atoms with Crippen molar-refractivity contribution in [2.75, 3.05) is 11.4 Å². The molecule has 0 amide bonds. The molecular formula is C10H13N3O3. The maximum absolute atomic E-state index is 11.1. The average Bonchev–Trinajstić information content (AvgIpc) is 2.29. The lowest BCUT2D eigenvalue weighted by atomic mass is 10.0. The molecule has 1 unspecified atom stereocenters. The lowest BCUT2D eigenvalue weighted by Crippen LogP contribution is -2.45. The number of carbonyl (C=O) groups is 1. The smallest absolute Gasteiger partial charge is 0.326 e. The first-order valence-corrected chi connectivity index (χ1v) is 5.22. The predicted octanol–water partition coefficient (Wildman–Crippen LogP) is 0.213. The van der Waals surface area contributed by atoms with Crippen LogP contribution in [0.1, 0.15) is 19.3 Å². The molecule has 0 spiro atoms. The molecule has 2 rings (SSSR count). The van der Waals surface area contributed by atoms with E-state index in [1.807, 2.05) is 0 Å². The van der Waals surface area contributed by atoms with Crippen LogP contribution < -0.4 is 10.5 Å². The maximum Gasteiger partial charge on any atom is 0.326 e. The molecule has 6 heteroatoms. The van der Waals surface area contributed by atoms with E-state index in [9.17, 15) is 9.59 Å². The summed E-state index contributed by atoms with van der Waals surface area (Å²) in [5.41, 5.74) is -0.264. The van der Waals surface area contributed by atoms with Gasteiger partial charge in [-0.2, -0.15) is 0 Å². The van der Waals surface area contributed by atoms with Crippen molar-refractivity contribution < 1.29 is 9.90 Å². The van der Waals surface area contributed by atoms with Gasteiger partial charge < -0.3 is 15.0 Å². The zero-order chi connectivity index (χ0) is 11.5. The first-order valence-electron chi connectivity index (χ1n) is 5.22. The van der Waals surface area contributed by atoms with Gasteiger partial charge in [0.05, 0.1) is 6.33 Å². The van der Waals surface area contributed by atoms with Crippen LogP contribution in [0.4, 0.5) is 5.82 Å². The van der Waals surface area contributed by atoms with Gasteiger partial charge in [-0.3, -0.25) is 4.79 Å². The number of anilines is 1. The Morgan fingerprint density at radius 2 is 2.38 bits per heavy atom. The number of aromatic amines is 1. The summed E-state index contributed by atoms with van der Waals surface area (Å²) in [7, 11) is 0. The SMILES string of the molecule is O=C(O)C1CCCCN1c1cc(=O)[nH]cn1. The molecule has 6 nitrogen and oxygen atoms in total. The van der Waals surface area contributed by atoms with Gasteiger partial charge in [-0.05, 0) is 19.3 Å². The van der Waals surface area contributed by atoms with Gasteiger partial charge in [-0.25, -0.2) is 9.78 Å². The summed E-state index contributed by atoms with van der Waals surface area (Å²) in [6.07, 6.45) is 3.73. The number of nitrogens with zero attached hydrogens (tertiary/aromatic N) is 2. The summed E-state index contributed by atoms with van der Waals surface area (Å²) in [6.45, 7) is 0.632. The fourth-order valence-electron chi connectivity index (χ4n) is 1.98. The van der Waals surface area contributed by atoms with E-state index < -0.39 is 12.0 Å². The Labute approximate surface area is 91.9 Å². The standard InChI is InChI=1S/C10H13N3O3/c14-9-5-8(11-6-12-9)13-4-2-1-3-7(13)10(15)16/h5-7H,1-4H2,(H,15,16)(H,11,12,14). The van der Waals surface area contributed by atoms with Crippen LogP contribution in [-0.4, -0.2) is 33.6 Å². The second-order valence-corrected chi connectivity index (χ2v) is 3.81. The van der Waals surface area contributed by atoms with Crippen LogP contribution >= 0.6 is 0 Å². The molecule has 86 valence electrons. The van der Waals surface area contributed by atoms with Crippen molar-refractivity contribution in [1.82, 2.24) is 9.97 Å². The number of hydrogen-bond acceptors (Lipinski definition) is 4. The van der Waals surface area contributed by atoms with E-state index in [4.69, 9.17) is 5.11 Å². The Bertz CT molecular complexity index is 443. The first-order chi connectivity index (χ1) is 7.68. The summed E-state index contributed by atoms with van der Waals surface area (Å²) < 4.78 is 0. The van der Waals surface area contributed by atoms with E-state index in [2.05, 4.69) is 9.97 Å². The fraction of sp³-hybridized carbons (Fsp3) is 0.500. The molecule has 0 radical (unpaired) electrons. The number of carboxylic acid groups (broad SMARTS) is 1. The number of carboxylic acids is 1. The molecule has 0 bridgehead atoms. The molecule has 1 aliphatic heterocycles. The van der Waals surface area contributed by atoms with E-state index in [-0.39, 0.29) is 5.56 Å². The topological polar surface area (TPSA) is 86.3 Å². The lowest BCUT2D eigenvalue weighted by molar-refractivity contribution is -0.139. The van der Waals surface area contributed by atoms with Gasteiger partial charge in [-0.1, -0.05) is 0 Å². The quantitative estimate of drug-likeness (QED) is 0.748. The fourth-order valence-corrected chi connectivity index (χ4v) is 1.98. The Balaban J connectivity index is 2.30. The van der Waals surface area contributed by atoms with Crippen molar-refractivity contribution in [2.45, 2.75) is 25.3 Å². The molecule has 2 heterocycles. The monoisotopic (exact) mass is 223 g/mol. The minimum Gasteiger partial charge on any atom is -0.480 e. The number of aromatic nitrogens is 2. The average molecular weight is 223 g/mol. The minimum atomic E-state index is -0.859. The maximum atomic E-state index is 11.1. The number of hydrogen-bond donors (Lipinski definition) is 2. The molecule has 16 heavy (non-hydrogen) atoms. The summed E-state index contributed by atoms with van der Waals surface area (Å²) in [6, 6.07) is 0.768. The Morgan fingerprint density at radius 3 is 3.06 bits per heavy atom. The van der Waals surface area contributed by atoms with Crippen LogP contribution in [-0.2, 0) is 4.79 Å². The van der Waals surface area contributed by atoms with Crippen molar-refractivity contribution in [3.8, 4) is 0 Å². The van der Waals surface area contributed by atoms with Crippen molar-refractivity contribution in [3.05, 3.63) is 22.7 Å². The number of nitrogens with one attached hydrogen (secondary N) is 1. The third kappa shape index (κ3) is 2.05. The molecule has 0 saturated carbocycles. The highest BCUT2D eigenvalue weighted by Gasteiger charge is 2.29. The molecule has 1 aromatic rings. The molecule has 1 fully saturated rings. The highest BCUT2D eigenvalue weighted by Crippen LogP contribution is 2.21. The lowest BCUT2D eigenvalue weighted by Gasteiger charge is -2.33. The predicted molar refractivity (Wildman–Crippen MR) is 57.5 cm³/mol. The van der Waals surface area contributed by atoms with Crippen molar-refractivity contribution >= 4 is 11.8 Å². The number of piperidine rings is 1. The molecule has 1 saturated heterocycles. The van der Waals surface area contributed by atoms with Crippen LogP contribution in [0.5, 0.6) is 0 Å². The van der Waals surface area contributed by atoms with E-state index in [1.165, 1.54) is 12.4 Å².